The van der Waals surface area contributed by atoms with E-state index in [2.05, 4.69) is 15.6 Å². The van der Waals surface area contributed by atoms with Crippen molar-refractivity contribution in [2.24, 2.45) is 4.99 Å². The van der Waals surface area contributed by atoms with Gasteiger partial charge in [-0.25, -0.2) is 12.8 Å². The number of rotatable bonds is 5. The second-order valence-electron chi connectivity index (χ2n) is 5.33. The van der Waals surface area contributed by atoms with Gasteiger partial charge in [-0.05, 0) is 35.4 Å². The number of guanidine groups is 1. The third kappa shape index (κ3) is 5.34. The van der Waals surface area contributed by atoms with E-state index in [-0.39, 0.29) is 5.82 Å². The van der Waals surface area contributed by atoms with Gasteiger partial charge in [-0.3, -0.25) is 4.99 Å². The normalized spacial score (nSPS) is 12.0. The number of aliphatic imine (C=N–C) groups is 1. The maximum Gasteiger partial charge on any atom is 0.191 e. The van der Waals surface area contributed by atoms with E-state index in [9.17, 15) is 12.8 Å². The van der Waals surface area contributed by atoms with Gasteiger partial charge in [0.25, 0.3) is 0 Å². The van der Waals surface area contributed by atoms with Crippen LogP contribution in [0.1, 0.15) is 11.1 Å². The van der Waals surface area contributed by atoms with Gasteiger partial charge in [0.2, 0.25) is 0 Å². The fraction of sp³-hybridized carbons (Fsp3) is 0.235. The van der Waals surface area contributed by atoms with Crippen molar-refractivity contribution in [1.29, 1.82) is 0 Å². The minimum absolute atomic E-state index is 0.275. The molecule has 7 heteroatoms. The van der Waals surface area contributed by atoms with Crippen molar-refractivity contribution in [3.8, 4) is 0 Å². The maximum absolute atomic E-state index is 13.1. The van der Waals surface area contributed by atoms with Crippen LogP contribution in [0.2, 0.25) is 0 Å². The Balaban J connectivity index is 1.89. The Morgan fingerprint density at radius 2 is 1.67 bits per heavy atom. The smallest absolute Gasteiger partial charge is 0.191 e. The van der Waals surface area contributed by atoms with E-state index >= 15 is 0 Å². The summed E-state index contributed by atoms with van der Waals surface area (Å²) in [5, 5.41) is 6.22. The summed E-state index contributed by atoms with van der Waals surface area (Å²) in [5.74, 6) is 0.301. The Labute approximate surface area is 141 Å². The summed E-state index contributed by atoms with van der Waals surface area (Å²) in [5.41, 5.74) is 1.74. The molecule has 0 saturated heterocycles. The van der Waals surface area contributed by atoms with Gasteiger partial charge in [0.05, 0.1) is 4.90 Å². The largest absolute Gasteiger partial charge is 0.352 e. The van der Waals surface area contributed by atoms with E-state index < -0.39 is 9.84 Å². The van der Waals surface area contributed by atoms with Crippen molar-refractivity contribution in [3.05, 3.63) is 65.5 Å². The zero-order chi connectivity index (χ0) is 17.6. The summed E-state index contributed by atoms with van der Waals surface area (Å²) in [6, 6.07) is 13.0. The first-order chi connectivity index (χ1) is 11.4. The van der Waals surface area contributed by atoms with Crippen molar-refractivity contribution < 1.29 is 12.8 Å². The Kier molecular flexibility index (Phi) is 5.92. The third-order valence-electron chi connectivity index (χ3n) is 3.38. The number of halogens is 1. The predicted molar refractivity (Wildman–Crippen MR) is 93.0 cm³/mol. The molecule has 24 heavy (non-hydrogen) atoms. The van der Waals surface area contributed by atoms with Gasteiger partial charge in [0, 0.05) is 26.4 Å². The van der Waals surface area contributed by atoms with Crippen LogP contribution in [0.25, 0.3) is 0 Å². The summed E-state index contributed by atoms with van der Waals surface area (Å²) >= 11 is 0. The fourth-order valence-electron chi connectivity index (χ4n) is 2.09. The number of benzene rings is 2. The van der Waals surface area contributed by atoms with Crippen LogP contribution in [0.3, 0.4) is 0 Å². The quantitative estimate of drug-likeness (QED) is 0.641. The second-order valence-corrected chi connectivity index (χ2v) is 7.34. The molecule has 0 fully saturated rings. The van der Waals surface area contributed by atoms with Gasteiger partial charge in [0.1, 0.15) is 5.82 Å². The number of hydrogen-bond donors (Lipinski definition) is 2. The molecular formula is C17H20FN3O2S. The minimum Gasteiger partial charge on any atom is -0.352 e. The highest BCUT2D eigenvalue weighted by atomic mass is 32.2. The van der Waals surface area contributed by atoms with Gasteiger partial charge in [-0.15, -0.1) is 0 Å². The van der Waals surface area contributed by atoms with E-state index in [1.54, 1.807) is 37.4 Å². The standard InChI is InChI=1S/C17H20FN3O2S/c1-19-17(21-12-14-4-3-5-15(18)10-14)20-11-13-6-8-16(9-7-13)24(2,22)23/h3-10H,11-12H2,1-2H3,(H2,19,20,21). The molecule has 0 aliphatic carbocycles. The molecule has 0 aliphatic rings. The van der Waals surface area contributed by atoms with E-state index in [0.29, 0.717) is 23.9 Å². The molecule has 5 nitrogen and oxygen atoms in total. The fourth-order valence-corrected chi connectivity index (χ4v) is 2.72. The molecule has 0 heterocycles. The van der Waals surface area contributed by atoms with Crippen LogP contribution < -0.4 is 10.6 Å². The molecule has 0 amide bonds. The summed E-state index contributed by atoms with van der Waals surface area (Å²) in [6.45, 7) is 0.942. The van der Waals surface area contributed by atoms with Crippen molar-refractivity contribution in [1.82, 2.24) is 10.6 Å². The first-order valence-corrected chi connectivity index (χ1v) is 9.25. The average Bonchev–Trinajstić information content (AvgIpc) is 2.55. The number of sulfone groups is 1. The van der Waals surface area contributed by atoms with Gasteiger partial charge in [0.15, 0.2) is 15.8 Å². The lowest BCUT2D eigenvalue weighted by Gasteiger charge is -2.12. The molecule has 2 aromatic carbocycles. The third-order valence-corrected chi connectivity index (χ3v) is 4.51. The molecule has 0 saturated carbocycles. The van der Waals surface area contributed by atoms with Crippen LogP contribution >= 0.6 is 0 Å². The van der Waals surface area contributed by atoms with Gasteiger partial charge >= 0.3 is 0 Å². The highest BCUT2D eigenvalue weighted by molar-refractivity contribution is 7.90. The zero-order valence-electron chi connectivity index (χ0n) is 13.6. The van der Waals surface area contributed by atoms with Crippen molar-refractivity contribution in [2.75, 3.05) is 13.3 Å². The Morgan fingerprint density at radius 1 is 1.04 bits per heavy atom. The molecule has 0 radical (unpaired) electrons. The van der Waals surface area contributed by atoms with Crippen LogP contribution in [0, 0.1) is 5.82 Å². The molecule has 2 rings (SSSR count). The first kappa shape index (κ1) is 17.9. The van der Waals surface area contributed by atoms with Crippen molar-refractivity contribution in [3.63, 3.8) is 0 Å². The Bertz CT molecular complexity index is 818. The first-order valence-electron chi connectivity index (χ1n) is 7.36. The highest BCUT2D eigenvalue weighted by Gasteiger charge is 2.06. The summed E-state index contributed by atoms with van der Waals surface area (Å²) < 4.78 is 36.0. The molecule has 0 spiro atoms. The number of nitrogens with one attached hydrogen (secondary N) is 2. The van der Waals surface area contributed by atoms with Gasteiger partial charge < -0.3 is 10.6 Å². The lowest BCUT2D eigenvalue weighted by atomic mass is 10.2. The summed E-state index contributed by atoms with van der Waals surface area (Å²) in [7, 11) is -1.54. The maximum atomic E-state index is 13.1. The van der Waals surface area contributed by atoms with E-state index in [4.69, 9.17) is 0 Å². The van der Waals surface area contributed by atoms with E-state index in [1.165, 1.54) is 18.4 Å². The van der Waals surface area contributed by atoms with Crippen LogP contribution in [0.5, 0.6) is 0 Å². The SMILES string of the molecule is CN=C(NCc1ccc(S(C)(=O)=O)cc1)NCc1cccc(F)c1. The molecule has 0 atom stereocenters. The molecule has 0 aliphatic heterocycles. The average molecular weight is 349 g/mol. The molecule has 0 bridgehead atoms. The van der Waals surface area contributed by atoms with Crippen LogP contribution in [-0.4, -0.2) is 27.7 Å². The van der Waals surface area contributed by atoms with Crippen molar-refractivity contribution in [2.45, 2.75) is 18.0 Å². The minimum atomic E-state index is -3.19. The Hall–Kier alpha value is -2.41. The summed E-state index contributed by atoms with van der Waals surface area (Å²) in [4.78, 5) is 4.39. The number of nitrogens with zero attached hydrogens (tertiary/aromatic N) is 1. The molecule has 2 aromatic rings. The number of hydrogen-bond acceptors (Lipinski definition) is 3. The van der Waals surface area contributed by atoms with Crippen LogP contribution in [0.15, 0.2) is 58.4 Å². The van der Waals surface area contributed by atoms with Gasteiger partial charge in [-0.1, -0.05) is 24.3 Å². The van der Waals surface area contributed by atoms with Gasteiger partial charge in [-0.2, -0.15) is 0 Å². The monoisotopic (exact) mass is 349 g/mol. The molecule has 128 valence electrons. The highest BCUT2D eigenvalue weighted by Crippen LogP contribution is 2.10. The summed E-state index contributed by atoms with van der Waals surface area (Å²) in [6.07, 6.45) is 1.18. The van der Waals surface area contributed by atoms with Crippen LogP contribution in [0.4, 0.5) is 4.39 Å². The molecule has 0 unspecified atom stereocenters. The molecular weight excluding hydrogens is 329 g/mol. The predicted octanol–water partition coefficient (Wildman–Crippen LogP) is 2.09. The molecule has 0 aromatic heterocycles. The molecule has 2 N–H and O–H groups in total. The van der Waals surface area contributed by atoms with Crippen LogP contribution in [-0.2, 0) is 22.9 Å². The lowest BCUT2D eigenvalue weighted by Crippen LogP contribution is -2.36. The van der Waals surface area contributed by atoms with E-state index in [0.717, 1.165) is 11.1 Å². The lowest BCUT2D eigenvalue weighted by molar-refractivity contribution is 0.602. The topological polar surface area (TPSA) is 70.6 Å². The second kappa shape index (κ2) is 7.92. The Morgan fingerprint density at radius 3 is 2.21 bits per heavy atom. The van der Waals surface area contributed by atoms with Crippen molar-refractivity contribution >= 4 is 15.8 Å². The zero-order valence-corrected chi connectivity index (χ0v) is 14.4. The van der Waals surface area contributed by atoms with E-state index in [1.807, 2.05) is 6.07 Å².